The van der Waals surface area contributed by atoms with Crippen LogP contribution in [-0.4, -0.2) is 53.1 Å². The van der Waals surface area contributed by atoms with Gasteiger partial charge in [0.15, 0.2) is 0 Å². The third-order valence-corrected chi connectivity index (χ3v) is 4.55. The number of ether oxygens (including phenoxy) is 1. The molecule has 1 aromatic carbocycles. The van der Waals surface area contributed by atoms with Crippen molar-refractivity contribution in [2.75, 3.05) is 38.2 Å². The van der Waals surface area contributed by atoms with E-state index in [0.29, 0.717) is 5.88 Å². The molecular formula is C19H21N5O. The lowest BCUT2D eigenvalue weighted by molar-refractivity contribution is 0.249. The van der Waals surface area contributed by atoms with Gasteiger partial charge in [-0.15, -0.1) is 0 Å². The zero-order valence-electron chi connectivity index (χ0n) is 14.3. The summed E-state index contributed by atoms with van der Waals surface area (Å²) < 4.78 is 5.20. The van der Waals surface area contributed by atoms with Crippen molar-refractivity contribution in [2.24, 2.45) is 0 Å². The average molecular weight is 335 g/mol. The van der Waals surface area contributed by atoms with Crippen molar-refractivity contribution in [3.63, 3.8) is 0 Å². The maximum atomic E-state index is 5.20. The predicted molar refractivity (Wildman–Crippen MR) is 97.8 cm³/mol. The summed E-state index contributed by atoms with van der Waals surface area (Å²) in [5, 5.41) is 0. The van der Waals surface area contributed by atoms with Gasteiger partial charge >= 0.3 is 0 Å². The third-order valence-electron chi connectivity index (χ3n) is 4.55. The molecule has 3 aromatic rings. The van der Waals surface area contributed by atoms with Crippen molar-refractivity contribution >= 4 is 16.9 Å². The van der Waals surface area contributed by atoms with Crippen molar-refractivity contribution in [1.29, 1.82) is 0 Å². The Morgan fingerprint density at radius 1 is 1.00 bits per heavy atom. The van der Waals surface area contributed by atoms with Crippen LogP contribution in [0.1, 0.15) is 5.56 Å². The van der Waals surface area contributed by atoms with Crippen LogP contribution in [-0.2, 0) is 6.54 Å². The standard InChI is InChI=1S/C19H21N5O/c1-25-19-12-15(6-7-20-19)14-23-8-10-24(11-9-23)18-13-21-16-4-2-3-5-17(16)22-18/h2-7,12-13H,8-11,14H2,1H3. The number of pyridine rings is 1. The molecule has 0 spiro atoms. The summed E-state index contributed by atoms with van der Waals surface area (Å²) in [4.78, 5) is 18.2. The van der Waals surface area contributed by atoms with Crippen molar-refractivity contribution in [2.45, 2.75) is 6.54 Å². The zero-order chi connectivity index (χ0) is 17.1. The van der Waals surface area contributed by atoms with Crippen LogP contribution in [0, 0.1) is 0 Å². The summed E-state index contributed by atoms with van der Waals surface area (Å²) in [6.07, 6.45) is 3.68. The number of aromatic nitrogens is 3. The molecule has 3 heterocycles. The van der Waals surface area contributed by atoms with E-state index in [1.165, 1.54) is 5.56 Å². The van der Waals surface area contributed by atoms with Gasteiger partial charge in [0, 0.05) is 45.0 Å². The second-order valence-electron chi connectivity index (χ2n) is 6.19. The summed E-state index contributed by atoms with van der Waals surface area (Å²) >= 11 is 0. The molecule has 25 heavy (non-hydrogen) atoms. The van der Waals surface area contributed by atoms with E-state index >= 15 is 0 Å². The predicted octanol–water partition coefficient (Wildman–Crippen LogP) is 2.36. The van der Waals surface area contributed by atoms with Crippen LogP contribution >= 0.6 is 0 Å². The van der Waals surface area contributed by atoms with Crippen LogP contribution in [0.5, 0.6) is 5.88 Å². The first-order valence-corrected chi connectivity index (χ1v) is 8.50. The van der Waals surface area contributed by atoms with Crippen molar-refractivity contribution in [3.8, 4) is 5.88 Å². The van der Waals surface area contributed by atoms with E-state index in [1.54, 1.807) is 13.3 Å². The zero-order valence-corrected chi connectivity index (χ0v) is 14.3. The third kappa shape index (κ3) is 3.53. The Hall–Kier alpha value is -2.73. The van der Waals surface area contributed by atoms with Gasteiger partial charge in [0.2, 0.25) is 5.88 Å². The molecule has 6 nitrogen and oxygen atoms in total. The van der Waals surface area contributed by atoms with E-state index in [-0.39, 0.29) is 0 Å². The first-order chi connectivity index (χ1) is 12.3. The number of hydrogen-bond donors (Lipinski definition) is 0. The van der Waals surface area contributed by atoms with E-state index in [1.807, 2.05) is 42.6 Å². The lowest BCUT2D eigenvalue weighted by Gasteiger charge is -2.35. The van der Waals surface area contributed by atoms with Gasteiger partial charge in [-0.05, 0) is 23.8 Å². The SMILES string of the molecule is COc1cc(CN2CCN(c3cnc4ccccc4n3)CC2)ccn1. The summed E-state index contributed by atoms with van der Waals surface area (Å²) in [5.41, 5.74) is 3.12. The van der Waals surface area contributed by atoms with Gasteiger partial charge in [-0.1, -0.05) is 12.1 Å². The fourth-order valence-electron chi connectivity index (χ4n) is 3.15. The molecule has 0 unspecified atom stereocenters. The molecule has 0 radical (unpaired) electrons. The number of rotatable bonds is 4. The van der Waals surface area contributed by atoms with E-state index in [2.05, 4.69) is 19.8 Å². The van der Waals surface area contributed by atoms with Gasteiger partial charge in [0.25, 0.3) is 0 Å². The Bertz CT molecular complexity index is 861. The minimum atomic E-state index is 0.669. The smallest absolute Gasteiger partial charge is 0.213 e. The molecule has 1 aliphatic rings. The Labute approximate surface area is 147 Å². The highest BCUT2D eigenvalue weighted by Gasteiger charge is 2.18. The van der Waals surface area contributed by atoms with Gasteiger partial charge < -0.3 is 9.64 Å². The Morgan fingerprint density at radius 3 is 2.60 bits per heavy atom. The highest BCUT2D eigenvalue weighted by Crippen LogP contribution is 2.18. The van der Waals surface area contributed by atoms with E-state index in [4.69, 9.17) is 9.72 Å². The molecule has 0 aliphatic carbocycles. The molecule has 1 saturated heterocycles. The van der Waals surface area contributed by atoms with Crippen LogP contribution in [0.25, 0.3) is 11.0 Å². The van der Waals surface area contributed by atoms with Gasteiger partial charge in [-0.3, -0.25) is 9.88 Å². The number of hydrogen-bond acceptors (Lipinski definition) is 6. The van der Waals surface area contributed by atoms with Gasteiger partial charge in [-0.25, -0.2) is 9.97 Å². The molecule has 4 rings (SSSR count). The molecule has 1 aliphatic heterocycles. The number of anilines is 1. The van der Waals surface area contributed by atoms with E-state index in [9.17, 15) is 0 Å². The molecule has 0 bridgehead atoms. The molecule has 0 atom stereocenters. The monoisotopic (exact) mass is 335 g/mol. The molecule has 0 saturated carbocycles. The maximum absolute atomic E-state index is 5.20. The largest absolute Gasteiger partial charge is 0.481 e. The van der Waals surface area contributed by atoms with Gasteiger partial charge in [0.05, 0.1) is 24.3 Å². The van der Waals surface area contributed by atoms with Crippen LogP contribution in [0.3, 0.4) is 0 Å². The molecule has 128 valence electrons. The highest BCUT2D eigenvalue weighted by molar-refractivity contribution is 5.75. The van der Waals surface area contributed by atoms with E-state index in [0.717, 1.165) is 49.6 Å². The highest BCUT2D eigenvalue weighted by atomic mass is 16.5. The van der Waals surface area contributed by atoms with Crippen molar-refractivity contribution in [1.82, 2.24) is 19.9 Å². The second-order valence-corrected chi connectivity index (χ2v) is 6.19. The lowest BCUT2D eigenvalue weighted by Crippen LogP contribution is -2.46. The number of fused-ring (bicyclic) bond motifs is 1. The molecule has 1 fully saturated rings. The van der Waals surface area contributed by atoms with Crippen LogP contribution in [0.15, 0.2) is 48.8 Å². The summed E-state index contributed by atoms with van der Waals surface area (Å²) in [6, 6.07) is 12.0. The van der Waals surface area contributed by atoms with Gasteiger partial charge in [-0.2, -0.15) is 0 Å². The Kier molecular flexibility index (Phi) is 4.43. The van der Waals surface area contributed by atoms with Gasteiger partial charge in [0.1, 0.15) is 5.82 Å². The number of para-hydroxylation sites is 2. The molecule has 0 amide bonds. The Morgan fingerprint density at radius 2 is 1.80 bits per heavy atom. The van der Waals surface area contributed by atoms with Crippen LogP contribution < -0.4 is 9.64 Å². The number of benzene rings is 1. The first kappa shape index (κ1) is 15.8. The lowest BCUT2D eigenvalue weighted by atomic mass is 10.2. The topological polar surface area (TPSA) is 54.4 Å². The second kappa shape index (κ2) is 7.03. The summed E-state index contributed by atoms with van der Waals surface area (Å²) in [6.45, 7) is 4.82. The van der Waals surface area contributed by atoms with Crippen LogP contribution in [0.2, 0.25) is 0 Å². The quantitative estimate of drug-likeness (QED) is 0.729. The molecule has 0 N–H and O–H groups in total. The maximum Gasteiger partial charge on any atom is 0.213 e. The summed E-state index contributed by atoms with van der Waals surface area (Å²) in [7, 11) is 1.65. The van der Waals surface area contributed by atoms with E-state index < -0.39 is 0 Å². The first-order valence-electron chi connectivity index (χ1n) is 8.50. The Balaban J connectivity index is 1.40. The number of methoxy groups -OCH3 is 1. The van der Waals surface area contributed by atoms with Crippen molar-refractivity contribution in [3.05, 3.63) is 54.4 Å². The number of nitrogens with zero attached hydrogens (tertiary/aromatic N) is 5. The van der Waals surface area contributed by atoms with Crippen molar-refractivity contribution < 1.29 is 4.74 Å². The fourth-order valence-corrected chi connectivity index (χ4v) is 3.15. The molecule has 2 aromatic heterocycles. The minimum Gasteiger partial charge on any atom is -0.481 e. The minimum absolute atomic E-state index is 0.669. The molecular weight excluding hydrogens is 314 g/mol. The fraction of sp³-hybridized carbons (Fsp3) is 0.316. The number of piperazine rings is 1. The van der Waals surface area contributed by atoms with Crippen LogP contribution in [0.4, 0.5) is 5.82 Å². The summed E-state index contributed by atoms with van der Waals surface area (Å²) in [5.74, 6) is 1.63. The normalized spacial score (nSPS) is 15.5. The average Bonchev–Trinajstić information content (AvgIpc) is 2.68. The molecule has 6 heteroatoms.